The lowest BCUT2D eigenvalue weighted by atomic mass is 10.1. The maximum atomic E-state index is 12.1. The molecule has 0 aliphatic carbocycles. The molecule has 0 spiro atoms. The lowest BCUT2D eigenvalue weighted by Crippen LogP contribution is -2.42. The standard InChI is InChI=1S/C19H28N2O4/c1-15(21-7-11-23-12-8-21)3-6-19(22)20-14-16-4-5-17-18(13-16)25-10-2-9-24-17/h4-5,13,15H,2-3,6-12,14H2,1H3,(H,20,22). The molecule has 3 rings (SSSR count). The molecule has 0 saturated carbocycles. The van der Waals surface area contributed by atoms with Gasteiger partial charge >= 0.3 is 0 Å². The third-order valence-electron chi connectivity index (χ3n) is 4.76. The molecule has 1 N–H and O–H groups in total. The molecule has 1 aromatic rings. The van der Waals surface area contributed by atoms with Gasteiger partial charge in [0.2, 0.25) is 5.91 Å². The van der Waals surface area contributed by atoms with Gasteiger partial charge in [-0.3, -0.25) is 9.69 Å². The molecule has 1 saturated heterocycles. The zero-order valence-corrected chi connectivity index (χ0v) is 15.0. The fraction of sp³-hybridized carbons (Fsp3) is 0.632. The molecular weight excluding hydrogens is 320 g/mol. The predicted octanol–water partition coefficient (Wildman–Crippen LogP) is 1.96. The fourth-order valence-electron chi connectivity index (χ4n) is 3.15. The van der Waals surface area contributed by atoms with Crippen LogP contribution in [0.25, 0.3) is 0 Å². The first-order valence-electron chi connectivity index (χ1n) is 9.19. The van der Waals surface area contributed by atoms with Gasteiger partial charge in [0.1, 0.15) is 0 Å². The summed E-state index contributed by atoms with van der Waals surface area (Å²) in [5.41, 5.74) is 1.03. The van der Waals surface area contributed by atoms with Crippen LogP contribution in [0.15, 0.2) is 18.2 Å². The first-order chi connectivity index (χ1) is 12.2. The number of benzene rings is 1. The summed E-state index contributed by atoms with van der Waals surface area (Å²) in [7, 11) is 0. The molecule has 2 aliphatic rings. The topological polar surface area (TPSA) is 60.0 Å². The molecule has 1 fully saturated rings. The molecular formula is C19H28N2O4. The van der Waals surface area contributed by atoms with Gasteiger partial charge in [0.25, 0.3) is 0 Å². The van der Waals surface area contributed by atoms with Gasteiger partial charge in [-0.25, -0.2) is 0 Å². The van der Waals surface area contributed by atoms with Crippen molar-refractivity contribution in [2.45, 2.75) is 38.8 Å². The van der Waals surface area contributed by atoms with Crippen LogP contribution in [-0.4, -0.2) is 56.4 Å². The zero-order valence-electron chi connectivity index (χ0n) is 15.0. The van der Waals surface area contributed by atoms with Gasteiger partial charge in [-0.1, -0.05) is 6.07 Å². The molecule has 1 unspecified atom stereocenters. The average Bonchev–Trinajstić information content (AvgIpc) is 2.90. The van der Waals surface area contributed by atoms with Crippen molar-refractivity contribution in [3.05, 3.63) is 23.8 Å². The van der Waals surface area contributed by atoms with E-state index in [4.69, 9.17) is 14.2 Å². The minimum Gasteiger partial charge on any atom is -0.490 e. The van der Waals surface area contributed by atoms with E-state index in [1.165, 1.54) is 0 Å². The van der Waals surface area contributed by atoms with E-state index in [9.17, 15) is 4.79 Å². The first-order valence-corrected chi connectivity index (χ1v) is 9.19. The Balaban J connectivity index is 1.42. The lowest BCUT2D eigenvalue weighted by Gasteiger charge is -2.32. The highest BCUT2D eigenvalue weighted by molar-refractivity contribution is 5.75. The highest BCUT2D eigenvalue weighted by atomic mass is 16.5. The minimum absolute atomic E-state index is 0.0900. The second-order valence-corrected chi connectivity index (χ2v) is 6.64. The molecule has 1 amide bonds. The maximum Gasteiger partial charge on any atom is 0.220 e. The summed E-state index contributed by atoms with van der Waals surface area (Å²) in [6, 6.07) is 6.26. The number of amides is 1. The molecule has 0 aromatic heterocycles. The van der Waals surface area contributed by atoms with E-state index in [0.717, 1.165) is 56.2 Å². The van der Waals surface area contributed by atoms with Crippen LogP contribution in [0.3, 0.4) is 0 Å². The minimum atomic E-state index is 0.0900. The summed E-state index contributed by atoms with van der Waals surface area (Å²) >= 11 is 0. The summed E-state index contributed by atoms with van der Waals surface area (Å²) in [6.07, 6.45) is 2.30. The number of rotatable bonds is 6. The number of nitrogens with one attached hydrogen (secondary N) is 1. The Morgan fingerprint density at radius 3 is 2.72 bits per heavy atom. The van der Waals surface area contributed by atoms with Gasteiger partial charge < -0.3 is 19.5 Å². The van der Waals surface area contributed by atoms with Crippen molar-refractivity contribution in [3.63, 3.8) is 0 Å². The number of hydrogen-bond acceptors (Lipinski definition) is 5. The van der Waals surface area contributed by atoms with Crippen molar-refractivity contribution >= 4 is 5.91 Å². The van der Waals surface area contributed by atoms with E-state index >= 15 is 0 Å². The molecule has 1 atom stereocenters. The Morgan fingerprint density at radius 2 is 1.92 bits per heavy atom. The Kier molecular flexibility index (Phi) is 6.53. The van der Waals surface area contributed by atoms with E-state index < -0.39 is 0 Å². The molecule has 0 radical (unpaired) electrons. The predicted molar refractivity (Wildman–Crippen MR) is 95.0 cm³/mol. The highest BCUT2D eigenvalue weighted by Gasteiger charge is 2.18. The maximum absolute atomic E-state index is 12.1. The smallest absolute Gasteiger partial charge is 0.220 e. The molecule has 6 heteroatoms. The molecule has 138 valence electrons. The molecule has 2 heterocycles. The van der Waals surface area contributed by atoms with Crippen LogP contribution in [0.1, 0.15) is 31.7 Å². The molecule has 0 bridgehead atoms. The third-order valence-corrected chi connectivity index (χ3v) is 4.76. The van der Waals surface area contributed by atoms with E-state index in [2.05, 4.69) is 17.1 Å². The lowest BCUT2D eigenvalue weighted by molar-refractivity contribution is -0.121. The third kappa shape index (κ3) is 5.34. The van der Waals surface area contributed by atoms with Gasteiger partial charge in [0, 0.05) is 38.5 Å². The normalized spacial score (nSPS) is 19.1. The number of morpholine rings is 1. The summed E-state index contributed by atoms with van der Waals surface area (Å²) < 4.78 is 16.7. The number of carbonyl (C=O) groups is 1. The van der Waals surface area contributed by atoms with Crippen LogP contribution in [0.5, 0.6) is 11.5 Å². The summed E-state index contributed by atoms with van der Waals surface area (Å²) in [6.45, 7) is 7.55. The van der Waals surface area contributed by atoms with Gasteiger partial charge in [0.15, 0.2) is 11.5 Å². The average molecular weight is 348 g/mol. The number of carbonyl (C=O) groups excluding carboxylic acids is 1. The van der Waals surface area contributed by atoms with Gasteiger partial charge in [-0.2, -0.15) is 0 Å². The fourth-order valence-corrected chi connectivity index (χ4v) is 3.15. The van der Waals surface area contributed by atoms with Crippen molar-refractivity contribution < 1.29 is 19.0 Å². The Morgan fingerprint density at radius 1 is 1.16 bits per heavy atom. The van der Waals surface area contributed by atoms with Crippen molar-refractivity contribution in [3.8, 4) is 11.5 Å². The first kappa shape index (κ1) is 18.0. The molecule has 1 aromatic carbocycles. The van der Waals surface area contributed by atoms with Crippen LogP contribution in [-0.2, 0) is 16.1 Å². The Hall–Kier alpha value is -1.79. The summed E-state index contributed by atoms with van der Waals surface area (Å²) in [5.74, 6) is 1.64. The van der Waals surface area contributed by atoms with Gasteiger partial charge in [-0.05, 0) is 31.0 Å². The second-order valence-electron chi connectivity index (χ2n) is 6.64. The zero-order chi connectivity index (χ0) is 17.5. The van der Waals surface area contributed by atoms with Crippen LogP contribution in [0.4, 0.5) is 0 Å². The van der Waals surface area contributed by atoms with Crippen molar-refractivity contribution in [2.24, 2.45) is 0 Å². The SMILES string of the molecule is CC(CCC(=O)NCc1ccc2c(c1)OCCCO2)N1CCOCC1. The van der Waals surface area contributed by atoms with Gasteiger partial charge in [-0.15, -0.1) is 0 Å². The van der Waals surface area contributed by atoms with Gasteiger partial charge in [0.05, 0.1) is 26.4 Å². The Labute approximate surface area is 149 Å². The number of hydrogen-bond donors (Lipinski definition) is 1. The monoisotopic (exact) mass is 348 g/mol. The van der Waals surface area contributed by atoms with Crippen molar-refractivity contribution in [1.29, 1.82) is 0 Å². The second kappa shape index (κ2) is 9.06. The molecule has 2 aliphatic heterocycles. The van der Waals surface area contributed by atoms with Crippen molar-refractivity contribution in [2.75, 3.05) is 39.5 Å². The number of ether oxygens (including phenoxy) is 3. The van der Waals surface area contributed by atoms with E-state index in [1.54, 1.807) is 0 Å². The van der Waals surface area contributed by atoms with Crippen LogP contribution in [0, 0.1) is 0 Å². The highest BCUT2D eigenvalue weighted by Crippen LogP contribution is 2.30. The summed E-state index contributed by atoms with van der Waals surface area (Å²) in [4.78, 5) is 14.5. The Bertz CT molecular complexity index is 573. The number of nitrogens with zero attached hydrogens (tertiary/aromatic N) is 1. The largest absolute Gasteiger partial charge is 0.490 e. The van der Waals surface area contributed by atoms with E-state index in [0.29, 0.717) is 32.2 Å². The van der Waals surface area contributed by atoms with Crippen LogP contribution < -0.4 is 14.8 Å². The summed E-state index contributed by atoms with van der Waals surface area (Å²) in [5, 5.41) is 3.00. The van der Waals surface area contributed by atoms with Crippen LogP contribution in [0.2, 0.25) is 0 Å². The van der Waals surface area contributed by atoms with E-state index in [-0.39, 0.29) is 5.91 Å². The van der Waals surface area contributed by atoms with Crippen molar-refractivity contribution in [1.82, 2.24) is 10.2 Å². The molecule has 25 heavy (non-hydrogen) atoms. The molecule has 6 nitrogen and oxygen atoms in total. The number of fused-ring (bicyclic) bond motifs is 1. The quantitative estimate of drug-likeness (QED) is 0.852. The van der Waals surface area contributed by atoms with E-state index in [1.807, 2.05) is 18.2 Å². The van der Waals surface area contributed by atoms with Crippen LogP contribution >= 0.6 is 0 Å².